The molecule has 26 heavy (non-hydrogen) atoms. The minimum Gasteiger partial charge on any atom is -0.395 e. The Bertz CT molecular complexity index is 738. The van der Waals surface area contributed by atoms with Crippen molar-refractivity contribution in [3.05, 3.63) is 63.1 Å². The van der Waals surface area contributed by atoms with E-state index in [1.807, 2.05) is 31.2 Å². The number of hydrogen-bond donors (Lipinski definition) is 2. The molecule has 1 aliphatic rings. The first-order valence-corrected chi connectivity index (χ1v) is 9.95. The van der Waals surface area contributed by atoms with Crippen molar-refractivity contribution in [1.29, 1.82) is 0 Å². The summed E-state index contributed by atoms with van der Waals surface area (Å²) in [5, 5.41) is 14.9. The Morgan fingerprint density at radius 3 is 2.46 bits per heavy atom. The zero-order valence-corrected chi connectivity index (χ0v) is 16.9. The average Bonchev–Trinajstić information content (AvgIpc) is 2.63. The van der Waals surface area contributed by atoms with Crippen LogP contribution >= 0.6 is 34.8 Å². The van der Waals surface area contributed by atoms with Gasteiger partial charge in [0.15, 0.2) is 0 Å². The van der Waals surface area contributed by atoms with Crippen LogP contribution in [0, 0.1) is 0 Å². The van der Waals surface area contributed by atoms with Crippen molar-refractivity contribution in [2.75, 3.05) is 18.1 Å². The molecule has 0 saturated carbocycles. The van der Waals surface area contributed by atoms with E-state index in [0.717, 1.165) is 30.1 Å². The smallest absolute Gasteiger partial charge is 0.0654 e. The number of anilines is 1. The van der Waals surface area contributed by atoms with Gasteiger partial charge in [0, 0.05) is 28.7 Å². The molecule has 2 N–H and O–H groups in total. The summed E-state index contributed by atoms with van der Waals surface area (Å²) in [6.45, 7) is 3.00. The van der Waals surface area contributed by atoms with Crippen molar-refractivity contribution in [2.45, 2.75) is 37.9 Å². The summed E-state index contributed by atoms with van der Waals surface area (Å²) in [6.07, 6.45) is 1.90. The van der Waals surface area contributed by atoms with Crippen molar-refractivity contribution in [2.24, 2.45) is 0 Å². The van der Waals surface area contributed by atoms with Gasteiger partial charge in [-0.15, -0.1) is 0 Å². The molecule has 2 aromatic carbocycles. The Kier molecular flexibility index (Phi) is 6.70. The van der Waals surface area contributed by atoms with Crippen LogP contribution in [0.1, 0.15) is 31.4 Å². The fraction of sp³-hybridized carbons (Fsp3) is 0.400. The fourth-order valence-corrected chi connectivity index (χ4v) is 4.22. The van der Waals surface area contributed by atoms with Crippen LogP contribution in [0.2, 0.25) is 15.1 Å². The third-order valence-corrected chi connectivity index (χ3v) is 5.66. The van der Waals surface area contributed by atoms with E-state index in [2.05, 4.69) is 22.3 Å². The Hall–Kier alpha value is -0.970. The molecule has 0 aromatic heterocycles. The number of piperidine rings is 1. The zero-order valence-electron chi connectivity index (χ0n) is 14.6. The second kappa shape index (κ2) is 8.81. The Labute approximate surface area is 169 Å². The van der Waals surface area contributed by atoms with Gasteiger partial charge in [-0.25, -0.2) is 0 Å². The van der Waals surface area contributed by atoms with Gasteiger partial charge in [0.2, 0.25) is 0 Å². The monoisotopic (exact) mass is 412 g/mol. The molecule has 0 aliphatic carbocycles. The van der Waals surface area contributed by atoms with Gasteiger partial charge in [0.1, 0.15) is 0 Å². The molecular weight excluding hydrogens is 391 g/mol. The normalized spacial score (nSPS) is 21.7. The van der Waals surface area contributed by atoms with E-state index in [1.165, 1.54) is 5.56 Å². The molecule has 140 valence electrons. The molecule has 3 nitrogen and oxygen atoms in total. The minimum atomic E-state index is 0.0801. The highest BCUT2D eigenvalue weighted by Gasteiger charge is 2.31. The lowest BCUT2D eigenvalue weighted by atomic mass is 9.90. The highest BCUT2D eigenvalue weighted by molar-refractivity contribution is 6.36. The van der Waals surface area contributed by atoms with E-state index in [1.54, 1.807) is 6.07 Å². The molecule has 1 fully saturated rings. The molecule has 3 atom stereocenters. The zero-order chi connectivity index (χ0) is 18.7. The summed E-state index contributed by atoms with van der Waals surface area (Å²) in [4.78, 5) is 2.34. The maximum Gasteiger partial charge on any atom is 0.0654 e. The standard InChI is InChI=1S/C20H23Cl3N2O/c1-13(12-26)24-17-8-9-25(19-7-6-16(22)10-18(19)23)20(11-17)14-2-4-15(21)5-3-14/h2-7,10,13,17,20,24,26H,8-9,11-12H2,1H3. The van der Waals surface area contributed by atoms with Gasteiger partial charge in [0.05, 0.1) is 23.4 Å². The van der Waals surface area contributed by atoms with Crippen LogP contribution in [0.15, 0.2) is 42.5 Å². The summed E-state index contributed by atoms with van der Waals surface area (Å²) in [5.41, 5.74) is 2.19. The lowest BCUT2D eigenvalue weighted by Gasteiger charge is -2.42. The van der Waals surface area contributed by atoms with E-state index in [9.17, 15) is 5.11 Å². The van der Waals surface area contributed by atoms with E-state index in [4.69, 9.17) is 34.8 Å². The Balaban J connectivity index is 1.90. The van der Waals surface area contributed by atoms with Gasteiger partial charge in [0.25, 0.3) is 0 Å². The molecule has 1 aliphatic heterocycles. The number of halogens is 3. The van der Waals surface area contributed by atoms with E-state index in [0.29, 0.717) is 16.1 Å². The van der Waals surface area contributed by atoms with Crippen LogP contribution in [0.5, 0.6) is 0 Å². The van der Waals surface area contributed by atoms with E-state index >= 15 is 0 Å². The second-order valence-corrected chi connectivity index (χ2v) is 8.11. The molecule has 6 heteroatoms. The van der Waals surface area contributed by atoms with Crippen LogP contribution in [-0.4, -0.2) is 30.3 Å². The molecule has 3 rings (SSSR count). The maximum absolute atomic E-state index is 9.35. The topological polar surface area (TPSA) is 35.5 Å². The first kappa shape index (κ1) is 19.8. The quantitative estimate of drug-likeness (QED) is 0.695. The number of hydrogen-bond acceptors (Lipinski definition) is 3. The summed E-state index contributed by atoms with van der Waals surface area (Å²) < 4.78 is 0. The molecule has 2 aromatic rings. The van der Waals surface area contributed by atoms with Crippen LogP contribution in [0.4, 0.5) is 5.69 Å². The molecule has 0 bridgehead atoms. The third-order valence-electron chi connectivity index (χ3n) is 4.87. The number of nitrogens with zero attached hydrogens (tertiary/aromatic N) is 1. The van der Waals surface area contributed by atoms with Crippen molar-refractivity contribution < 1.29 is 5.11 Å². The highest BCUT2D eigenvalue weighted by atomic mass is 35.5. The lowest BCUT2D eigenvalue weighted by Crippen LogP contribution is -2.47. The Morgan fingerprint density at radius 1 is 1.12 bits per heavy atom. The molecule has 0 radical (unpaired) electrons. The molecular formula is C20H23Cl3N2O. The van der Waals surface area contributed by atoms with E-state index in [-0.39, 0.29) is 18.7 Å². The van der Waals surface area contributed by atoms with Crippen LogP contribution in [0.3, 0.4) is 0 Å². The number of benzene rings is 2. The summed E-state index contributed by atoms with van der Waals surface area (Å²) >= 11 is 18.6. The second-order valence-electron chi connectivity index (χ2n) is 6.83. The molecule has 1 heterocycles. The summed E-state index contributed by atoms with van der Waals surface area (Å²) in [7, 11) is 0. The van der Waals surface area contributed by atoms with E-state index < -0.39 is 0 Å². The molecule has 0 amide bonds. The molecule has 3 unspecified atom stereocenters. The van der Waals surface area contributed by atoms with Crippen molar-refractivity contribution in [3.63, 3.8) is 0 Å². The summed E-state index contributed by atoms with van der Waals surface area (Å²) in [6, 6.07) is 14.2. The lowest BCUT2D eigenvalue weighted by molar-refractivity contribution is 0.227. The van der Waals surface area contributed by atoms with Crippen molar-refractivity contribution >= 4 is 40.5 Å². The number of aliphatic hydroxyl groups is 1. The average molecular weight is 414 g/mol. The van der Waals surface area contributed by atoms with Gasteiger partial charge in [-0.1, -0.05) is 46.9 Å². The van der Waals surface area contributed by atoms with Gasteiger partial charge in [-0.05, 0) is 55.7 Å². The van der Waals surface area contributed by atoms with Crippen molar-refractivity contribution in [3.8, 4) is 0 Å². The third kappa shape index (κ3) is 4.65. The van der Waals surface area contributed by atoms with Crippen LogP contribution < -0.4 is 10.2 Å². The number of nitrogens with one attached hydrogen (secondary N) is 1. The van der Waals surface area contributed by atoms with Gasteiger partial charge in [-0.2, -0.15) is 0 Å². The number of rotatable bonds is 5. The maximum atomic E-state index is 9.35. The number of aliphatic hydroxyl groups excluding tert-OH is 1. The first-order valence-electron chi connectivity index (χ1n) is 8.82. The minimum absolute atomic E-state index is 0.0801. The van der Waals surface area contributed by atoms with Gasteiger partial charge >= 0.3 is 0 Å². The predicted octanol–water partition coefficient (Wildman–Crippen LogP) is 5.33. The van der Waals surface area contributed by atoms with Gasteiger partial charge in [-0.3, -0.25) is 0 Å². The Morgan fingerprint density at radius 2 is 1.81 bits per heavy atom. The highest BCUT2D eigenvalue weighted by Crippen LogP contribution is 2.39. The van der Waals surface area contributed by atoms with Crippen LogP contribution in [-0.2, 0) is 0 Å². The van der Waals surface area contributed by atoms with Crippen molar-refractivity contribution in [1.82, 2.24) is 5.32 Å². The fourth-order valence-electron chi connectivity index (χ4n) is 3.58. The summed E-state index contributed by atoms with van der Waals surface area (Å²) in [5.74, 6) is 0. The first-order chi connectivity index (χ1) is 12.5. The molecule has 0 spiro atoms. The molecule has 1 saturated heterocycles. The largest absolute Gasteiger partial charge is 0.395 e. The van der Waals surface area contributed by atoms with Gasteiger partial charge < -0.3 is 15.3 Å². The van der Waals surface area contributed by atoms with Crippen LogP contribution in [0.25, 0.3) is 0 Å². The predicted molar refractivity (Wildman–Crippen MR) is 111 cm³/mol. The SMILES string of the molecule is CC(CO)NC1CCN(c2ccc(Cl)cc2Cl)C(c2ccc(Cl)cc2)C1.